The highest BCUT2D eigenvalue weighted by Gasteiger charge is 2.22. The van der Waals surface area contributed by atoms with E-state index in [1.165, 1.54) is 12.8 Å². The molecule has 0 spiro atoms. The smallest absolute Gasteiger partial charge is 0.148 e. The zero-order chi connectivity index (χ0) is 11.8. The molecule has 1 aromatic heterocycles. The van der Waals surface area contributed by atoms with E-state index in [1.54, 1.807) is 12.1 Å². The van der Waals surface area contributed by atoms with Crippen LogP contribution in [0.2, 0.25) is 10.0 Å². The van der Waals surface area contributed by atoms with Crippen molar-refractivity contribution in [3.05, 3.63) is 34.3 Å². The van der Waals surface area contributed by atoms with Gasteiger partial charge in [0.2, 0.25) is 0 Å². The van der Waals surface area contributed by atoms with Crippen molar-refractivity contribution in [1.29, 1.82) is 0 Å². The molecule has 88 valence electrons. The van der Waals surface area contributed by atoms with Crippen LogP contribution in [0, 0.1) is 0 Å². The third-order valence-electron chi connectivity index (χ3n) is 2.73. The minimum atomic E-state index is 0.584. The maximum atomic E-state index is 6.13. The van der Waals surface area contributed by atoms with Gasteiger partial charge in [0.05, 0.1) is 10.7 Å². The Balaban J connectivity index is 1.91. The standard InChI is InChI=1S/C12H11Cl2N3/c13-7-1-4-10(14)9(5-7)11-6-12(17-16-11)15-8-2-3-8/h1,4-6,8H,2-3H2,(H2,15,16,17). The first-order valence-corrected chi connectivity index (χ1v) is 6.25. The SMILES string of the molecule is Clc1ccc(Cl)c(-c2cc(NC3CC3)n[nH]2)c1. The number of aromatic nitrogens is 2. The summed E-state index contributed by atoms with van der Waals surface area (Å²) in [6.07, 6.45) is 2.44. The summed E-state index contributed by atoms with van der Waals surface area (Å²) in [5, 5.41) is 11.8. The van der Waals surface area contributed by atoms with E-state index in [9.17, 15) is 0 Å². The van der Waals surface area contributed by atoms with Gasteiger partial charge in [0.1, 0.15) is 5.82 Å². The van der Waals surface area contributed by atoms with Gasteiger partial charge in [0.25, 0.3) is 0 Å². The van der Waals surface area contributed by atoms with E-state index in [1.807, 2.05) is 12.1 Å². The van der Waals surface area contributed by atoms with Crippen molar-refractivity contribution in [2.75, 3.05) is 5.32 Å². The predicted molar refractivity (Wildman–Crippen MR) is 70.7 cm³/mol. The minimum Gasteiger partial charge on any atom is -0.366 e. The second-order valence-electron chi connectivity index (χ2n) is 4.21. The summed E-state index contributed by atoms with van der Waals surface area (Å²) in [4.78, 5) is 0. The third-order valence-corrected chi connectivity index (χ3v) is 3.29. The number of halogens is 2. The highest BCUT2D eigenvalue weighted by Crippen LogP contribution is 2.31. The Labute approximate surface area is 109 Å². The number of anilines is 1. The quantitative estimate of drug-likeness (QED) is 0.884. The van der Waals surface area contributed by atoms with Crippen LogP contribution in [0.4, 0.5) is 5.82 Å². The van der Waals surface area contributed by atoms with E-state index in [-0.39, 0.29) is 0 Å². The van der Waals surface area contributed by atoms with Crippen LogP contribution in [0.15, 0.2) is 24.3 Å². The lowest BCUT2D eigenvalue weighted by Gasteiger charge is -2.01. The van der Waals surface area contributed by atoms with Crippen LogP contribution in [0.5, 0.6) is 0 Å². The van der Waals surface area contributed by atoms with Crippen LogP contribution in [-0.2, 0) is 0 Å². The summed E-state index contributed by atoms with van der Waals surface area (Å²) in [6.45, 7) is 0. The molecule has 1 fully saturated rings. The summed E-state index contributed by atoms with van der Waals surface area (Å²) >= 11 is 12.1. The molecule has 0 radical (unpaired) electrons. The Morgan fingerprint density at radius 1 is 1.24 bits per heavy atom. The van der Waals surface area contributed by atoms with Gasteiger partial charge in [0, 0.05) is 22.7 Å². The van der Waals surface area contributed by atoms with Gasteiger partial charge in [-0.25, -0.2) is 0 Å². The van der Waals surface area contributed by atoms with E-state index >= 15 is 0 Å². The van der Waals surface area contributed by atoms with E-state index in [0.29, 0.717) is 16.1 Å². The molecular weight excluding hydrogens is 257 g/mol. The highest BCUT2D eigenvalue weighted by atomic mass is 35.5. The Bertz CT molecular complexity index is 546. The summed E-state index contributed by atoms with van der Waals surface area (Å²) in [5.41, 5.74) is 1.75. The molecule has 1 aliphatic carbocycles. The molecule has 3 rings (SSSR count). The second kappa shape index (κ2) is 4.24. The van der Waals surface area contributed by atoms with Crippen LogP contribution in [0.3, 0.4) is 0 Å². The van der Waals surface area contributed by atoms with Gasteiger partial charge in [0.15, 0.2) is 0 Å². The number of benzene rings is 1. The topological polar surface area (TPSA) is 40.7 Å². The van der Waals surface area contributed by atoms with Crippen molar-refractivity contribution in [3.8, 4) is 11.3 Å². The number of nitrogens with zero attached hydrogens (tertiary/aromatic N) is 1. The fourth-order valence-electron chi connectivity index (χ4n) is 1.67. The summed E-state index contributed by atoms with van der Waals surface area (Å²) < 4.78 is 0. The molecule has 2 aromatic rings. The number of rotatable bonds is 3. The van der Waals surface area contributed by atoms with Crippen LogP contribution < -0.4 is 5.32 Å². The van der Waals surface area contributed by atoms with Crippen molar-refractivity contribution >= 4 is 29.0 Å². The lowest BCUT2D eigenvalue weighted by molar-refractivity contribution is 1.05. The molecule has 0 unspecified atom stereocenters. The number of hydrogen-bond donors (Lipinski definition) is 2. The molecule has 1 heterocycles. The highest BCUT2D eigenvalue weighted by molar-refractivity contribution is 6.35. The van der Waals surface area contributed by atoms with E-state index in [0.717, 1.165) is 17.1 Å². The molecule has 3 nitrogen and oxygen atoms in total. The molecule has 1 aromatic carbocycles. The molecule has 1 aliphatic rings. The van der Waals surface area contributed by atoms with Crippen LogP contribution in [0.25, 0.3) is 11.3 Å². The van der Waals surface area contributed by atoms with Crippen molar-refractivity contribution in [1.82, 2.24) is 10.2 Å². The van der Waals surface area contributed by atoms with E-state index in [2.05, 4.69) is 15.5 Å². The first-order chi connectivity index (χ1) is 8.22. The van der Waals surface area contributed by atoms with Crippen molar-refractivity contribution in [2.24, 2.45) is 0 Å². The normalized spacial score (nSPS) is 14.9. The van der Waals surface area contributed by atoms with E-state index in [4.69, 9.17) is 23.2 Å². The van der Waals surface area contributed by atoms with Crippen molar-refractivity contribution in [3.63, 3.8) is 0 Å². The maximum Gasteiger partial charge on any atom is 0.148 e. The second-order valence-corrected chi connectivity index (χ2v) is 5.05. The Kier molecular flexibility index (Phi) is 2.73. The molecule has 0 saturated heterocycles. The molecule has 1 saturated carbocycles. The molecule has 17 heavy (non-hydrogen) atoms. The molecule has 0 aliphatic heterocycles. The summed E-state index contributed by atoms with van der Waals surface area (Å²) in [6, 6.07) is 7.93. The van der Waals surface area contributed by atoms with Crippen LogP contribution in [0.1, 0.15) is 12.8 Å². The zero-order valence-electron chi connectivity index (χ0n) is 9.00. The molecular formula is C12H11Cl2N3. The first kappa shape index (κ1) is 10.9. The van der Waals surface area contributed by atoms with Crippen molar-refractivity contribution in [2.45, 2.75) is 18.9 Å². The van der Waals surface area contributed by atoms with Crippen molar-refractivity contribution < 1.29 is 0 Å². The largest absolute Gasteiger partial charge is 0.366 e. The van der Waals surface area contributed by atoms with Crippen LogP contribution in [-0.4, -0.2) is 16.2 Å². The number of aromatic amines is 1. The summed E-state index contributed by atoms with van der Waals surface area (Å²) in [7, 11) is 0. The van der Waals surface area contributed by atoms with Gasteiger partial charge < -0.3 is 5.32 Å². The minimum absolute atomic E-state index is 0.584. The Morgan fingerprint density at radius 2 is 2.06 bits per heavy atom. The first-order valence-electron chi connectivity index (χ1n) is 5.50. The summed E-state index contributed by atoms with van der Waals surface area (Å²) in [5.74, 6) is 0.860. The van der Waals surface area contributed by atoms with Gasteiger partial charge in [-0.15, -0.1) is 0 Å². The predicted octanol–water partition coefficient (Wildman–Crippen LogP) is 3.96. The van der Waals surface area contributed by atoms with Gasteiger partial charge in [-0.1, -0.05) is 23.2 Å². The lowest BCUT2D eigenvalue weighted by Crippen LogP contribution is -2.00. The molecule has 2 N–H and O–H groups in total. The molecule has 0 bridgehead atoms. The molecule has 0 amide bonds. The average Bonchev–Trinajstić information content (AvgIpc) is 2.99. The maximum absolute atomic E-state index is 6.13. The van der Waals surface area contributed by atoms with Crippen LogP contribution >= 0.6 is 23.2 Å². The van der Waals surface area contributed by atoms with Gasteiger partial charge >= 0.3 is 0 Å². The number of H-pyrrole nitrogens is 1. The number of nitrogens with one attached hydrogen (secondary N) is 2. The lowest BCUT2D eigenvalue weighted by atomic mass is 10.1. The van der Waals surface area contributed by atoms with Gasteiger partial charge in [-0.3, -0.25) is 5.10 Å². The van der Waals surface area contributed by atoms with Gasteiger partial charge in [-0.2, -0.15) is 5.10 Å². The fourth-order valence-corrected chi connectivity index (χ4v) is 2.07. The monoisotopic (exact) mass is 267 g/mol. The zero-order valence-corrected chi connectivity index (χ0v) is 10.5. The third kappa shape index (κ3) is 2.40. The molecule has 0 atom stereocenters. The molecule has 5 heteroatoms. The Hall–Kier alpha value is -1.19. The number of hydrogen-bond acceptors (Lipinski definition) is 2. The van der Waals surface area contributed by atoms with E-state index < -0.39 is 0 Å². The Morgan fingerprint density at radius 3 is 2.82 bits per heavy atom. The van der Waals surface area contributed by atoms with Gasteiger partial charge in [-0.05, 0) is 31.0 Å². The average molecular weight is 268 g/mol. The fraction of sp³-hybridized carbons (Fsp3) is 0.250.